The van der Waals surface area contributed by atoms with Crippen LogP contribution in [0.15, 0.2) is 54.7 Å². The van der Waals surface area contributed by atoms with Crippen molar-refractivity contribution in [1.82, 2.24) is 24.8 Å². The molecule has 3 aromatic rings. The van der Waals surface area contributed by atoms with Crippen molar-refractivity contribution in [3.63, 3.8) is 0 Å². The van der Waals surface area contributed by atoms with E-state index in [4.69, 9.17) is 0 Å². The van der Waals surface area contributed by atoms with Crippen LogP contribution < -0.4 is 5.32 Å². The molecule has 0 saturated carbocycles. The number of nitrogens with one attached hydrogen (secondary N) is 1. The van der Waals surface area contributed by atoms with E-state index in [2.05, 4.69) is 32.5 Å². The van der Waals surface area contributed by atoms with Gasteiger partial charge in [-0.1, -0.05) is 36.4 Å². The van der Waals surface area contributed by atoms with Crippen molar-refractivity contribution in [2.24, 2.45) is 0 Å². The van der Waals surface area contributed by atoms with Crippen molar-refractivity contribution < 1.29 is 4.79 Å². The summed E-state index contributed by atoms with van der Waals surface area (Å²) in [6.45, 7) is 3.72. The van der Waals surface area contributed by atoms with Gasteiger partial charge in [0.25, 0.3) is 0 Å². The molecule has 3 heterocycles. The van der Waals surface area contributed by atoms with Crippen LogP contribution in [-0.2, 0) is 11.3 Å². The number of hydrogen-bond donors (Lipinski definition) is 1. The van der Waals surface area contributed by atoms with E-state index in [9.17, 15) is 4.79 Å². The second-order valence-electron chi connectivity index (χ2n) is 6.83. The Hall–Kier alpha value is -2.73. The zero-order chi connectivity index (χ0) is 17.9. The minimum Gasteiger partial charge on any atom is -0.345 e. The molecule has 2 atom stereocenters. The highest BCUT2D eigenvalue weighted by Gasteiger charge is 2.31. The van der Waals surface area contributed by atoms with Gasteiger partial charge in [0.15, 0.2) is 11.5 Å². The normalized spacial score (nSPS) is 18.9. The van der Waals surface area contributed by atoms with Crippen LogP contribution >= 0.6 is 0 Å². The highest BCUT2D eigenvalue weighted by molar-refractivity contribution is 5.82. The van der Waals surface area contributed by atoms with Crippen molar-refractivity contribution in [3.05, 3.63) is 66.1 Å². The molecule has 1 saturated heterocycles. The van der Waals surface area contributed by atoms with E-state index in [1.807, 2.05) is 53.9 Å². The topological polar surface area (TPSA) is 62.5 Å². The second kappa shape index (κ2) is 7.25. The van der Waals surface area contributed by atoms with E-state index < -0.39 is 0 Å². The third-order valence-corrected chi connectivity index (χ3v) is 4.98. The van der Waals surface area contributed by atoms with Gasteiger partial charge < -0.3 is 5.32 Å². The molecule has 0 aliphatic carbocycles. The smallest absolute Gasteiger partial charge is 0.237 e. The molecule has 1 aliphatic rings. The van der Waals surface area contributed by atoms with Crippen LogP contribution in [0.3, 0.4) is 0 Å². The summed E-state index contributed by atoms with van der Waals surface area (Å²) in [7, 11) is 0. The average Bonchev–Trinajstić information content (AvgIpc) is 3.29. The first-order valence-corrected chi connectivity index (χ1v) is 9.10. The Morgan fingerprint density at radius 1 is 1.19 bits per heavy atom. The number of fused-ring (bicyclic) bond motifs is 1. The molecule has 6 heteroatoms. The third-order valence-electron chi connectivity index (χ3n) is 4.98. The van der Waals surface area contributed by atoms with Crippen LogP contribution in [0.5, 0.6) is 0 Å². The first-order chi connectivity index (χ1) is 12.7. The van der Waals surface area contributed by atoms with Crippen molar-refractivity contribution in [2.45, 2.75) is 38.4 Å². The molecule has 4 rings (SSSR count). The molecular formula is C20H23N5O. The Morgan fingerprint density at radius 2 is 2.00 bits per heavy atom. The fraction of sp³-hybridized carbons (Fsp3) is 0.350. The summed E-state index contributed by atoms with van der Waals surface area (Å²) in [5.41, 5.74) is 2.03. The highest BCUT2D eigenvalue weighted by atomic mass is 16.2. The summed E-state index contributed by atoms with van der Waals surface area (Å²) in [4.78, 5) is 15.1. The van der Waals surface area contributed by atoms with Crippen LogP contribution in [-0.4, -0.2) is 38.0 Å². The zero-order valence-corrected chi connectivity index (χ0v) is 14.9. The van der Waals surface area contributed by atoms with E-state index in [0.717, 1.165) is 37.4 Å². The molecule has 134 valence electrons. The third kappa shape index (κ3) is 3.32. The number of rotatable bonds is 5. The second-order valence-corrected chi connectivity index (χ2v) is 6.83. The summed E-state index contributed by atoms with van der Waals surface area (Å²) in [5, 5.41) is 11.5. The number of aromatic nitrogens is 3. The van der Waals surface area contributed by atoms with Gasteiger partial charge in [0.05, 0.1) is 12.1 Å². The largest absolute Gasteiger partial charge is 0.345 e. The first-order valence-electron chi connectivity index (χ1n) is 9.10. The number of hydrogen-bond acceptors (Lipinski definition) is 4. The minimum absolute atomic E-state index is 0.0682. The van der Waals surface area contributed by atoms with Gasteiger partial charge >= 0.3 is 0 Å². The Balaban J connectivity index is 1.45. The number of nitrogens with zero attached hydrogens (tertiary/aromatic N) is 4. The molecule has 1 aliphatic heterocycles. The molecule has 0 unspecified atom stereocenters. The SMILES string of the molecule is C[C@H](NC(=O)[C@H]1CCCN1Cc1ccccc1)c1nnc2ccccn12. The molecule has 26 heavy (non-hydrogen) atoms. The maximum absolute atomic E-state index is 12.9. The monoisotopic (exact) mass is 349 g/mol. The molecule has 0 bridgehead atoms. The van der Waals surface area contributed by atoms with Gasteiger partial charge in [-0.2, -0.15) is 0 Å². The van der Waals surface area contributed by atoms with E-state index in [0.29, 0.717) is 0 Å². The maximum atomic E-state index is 12.9. The number of carbonyl (C=O) groups is 1. The van der Waals surface area contributed by atoms with Crippen molar-refractivity contribution in [1.29, 1.82) is 0 Å². The standard InChI is InChI=1S/C20H23N5O/c1-15(19-23-22-18-11-5-6-13-25(18)19)21-20(26)17-10-7-12-24(17)14-16-8-3-2-4-9-16/h2-6,8-9,11,13,15,17H,7,10,12,14H2,1H3,(H,21,26)/t15-,17+/m0/s1. The highest BCUT2D eigenvalue weighted by Crippen LogP contribution is 2.21. The van der Waals surface area contributed by atoms with Crippen LogP contribution in [0.25, 0.3) is 5.65 Å². The predicted octanol–water partition coefficient (Wildman–Crippen LogP) is 2.57. The van der Waals surface area contributed by atoms with Gasteiger partial charge in [-0.25, -0.2) is 0 Å². The molecular weight excluding hydrogens is 326 g/mol. The fourth-order valence-electron chi connectivity index (χ4n) is 3.66. The van der Waals surface area contributed by atoms with Gasteiger partial charge in [-0.15, -0.1) is 10.2 Å². The summed E-state index contributed by atoms with van der Waals surface area (Å²) in [6.07, 6.45) is 3.86. The molecule has 0 spiro atoms. The number of benzene rings is 1. The van der Waals surface area contributed by atoms with Gasteiger partial charge in [-0.3, -0.25) is 14.1 Å². The molecule has 1 amide bonds. The number of amides is 1. The van der Waals surface area contributed by atoms with Gasteiger partial charge in [0, 0.05) is 12.7 Å². The first kappa shape index (κ1) is 16.7. The Labute approximate surface area is 152 Å². The Kier molecular flexibility index (Phi) is 4.67. The van der Waals surface area contributed by atoms with Crippen LogP contribution in [0.2, 0.25) is 0 Å². The molecule has 1 N–H and O–H groups in total. The summed E-state index contributed by atoms with van der Waals surface area (Å²) < 4.78 is 1.92. The van der Waals surface area contributed by atoms with Gasteiger partial charge in [-0.05, 0) is 44.0 Å². The summed E-state index contributed by atoms with van der Waals surface area (Å²) in [6, 6.07) is 15.8. The fourth-order valence-corrected chi connectivity index (χ4v) is 3.66. The molecule has 0 radical (unpaired) electrons. The van der Waals surface area contributed by atoms with Crippen molar-refractivity contribution in [2.75, 3.05) is 6.54 Å². The number of likely N-dealkylation sites (tertiary alicyclic amines) is 1. The van der Waals surface area contributed by atoms with E-state index in [1.165, 1.54) is 5.56 Å². The van der Waals surface area contributed by atoms with Crippen LogP contribution in [0.4, 0.5) is 0 Å². The van der Waals surface area contributed by atoms with E-state index in [-0.39, 0.29) is 18.0 Å². The quantitative estimate of drug-likeness (QED) is 0.769. The Morgan fingerprint density at radius 3 is 2.85 bits per heavy atom. The van der Waals surface area contributed by atoms with E-state index in [1.54, 1.807) is 0 Å². The molecule has 1 fully saturated rings. The molecule has 2 aromatic heterocycles. The minimum atomic E-state index is -0.195. The summed E-state index contributed by atoms with van der Waals surface area (Å²) >= 11 is 0. The lowest BCUT2D eigenvalue weighted by Crippen LogP contribution is -2.44. The lowest BCUT2D eigenvalue weighted by Gasteiger charge is -2.25. The lowest BCUT2D eigenvalue weighted by atomic mass is 10.1. The van der Waals surface area contributed by atoms with Gasteiger partial charge in [0.1, 0.15) is 0 Å². The van der Waals surface area contributed by atoms with Gasteiger partial charge in [0.2, 0.25) is 5.91 Å². The number of carbonyl (C=O) groups excluding carboxylic acids is 1. The predicted molar refractivity (Wildman–Crippen MR) is 99.4 cm³/mol. The van der Waals surface area contributed by atoms with Crippen molar-refractivity contribution >= 4 is 11.6 Å². The molecule has 1 aromatic carbocycles. The molecule has 6 nitrogen and oxygen atoms in total. The average molecular weight is 349 g/mol. The van der Waals surface area contributed by atoms with Crippen LogP contribution in [0.1, 0.15) is 37.2 Å². The Bertz CT molecular complexity index is 891. The summed E-state index contributed by atoms with van der Waals surface area (Å²) in [5.74, 6) is 0.820. The lowest BCUT2D eigenvalue weighted by molar-refractivity contribution is -0.126. The zero-order valence-electron chi connectivity index (χ0n) is 14.9. The van der Waals surface area contributed by atoms with E-state index >= 15 is 0 Å². The van der Waals surface area contributed by atoms with Crippen molar-refractivity contribution in [3.8, 4) is 0 Å². The van der Waals surface area contributed by atoms with Crippen LogP contribution in [0, 0.1) is 0 Å². The maximum Gasteiger partial charge on any atom is 0.237 e. The number of pyridine rings is 1.